The topological polar surface area (TPSA) is 29.9 Å². The van der Waals surface area contributed by atoms with Crippen molar-refractivity contribution in [2.45, 2.75) is 25.3 Å². The number of aromatic nitrogens is 2. The smallest absolute Gasteiger partial charge is 0.0859 e. The molecule has 0 bridgehead atoms. The maximum Gasteiger partial charge on any atom is 0.0859 e. The number of nitrogens with zero attached hydrogens (tertiary/aromatic N) is 2. The van der Waals surface area contributed by atoms with Crippen LogP contribution in [0, 0.1) is 0 Å². The predicted octanol–water partition coefficient (Wildman–Crippen LogP) is 2.23. The highest BCUT2D eigenvalue weighted by molar-refractivity contribution is 6.31. The summed E-state index contributed by atoms with van der Waals surface area (Å²) in [7, 11) is 1.90. The Bertz CT molecular complexity index is 333. The lowest BCUT2D eigenvalue weighted by molar-refractivity contribution is 0.690. The fourth-order valence-electron chi connectivity index (χ4n) is 1.46. The van der Waals surface area contributed by atoms with Crippen LogP contribution in [0.25, 0.3) is 6.08 Å². The van der Waals surface area contributed by atoms with Crippen LogP contribution in [0.5, 0.6) is 0 Å². The SMILES string of the molecule is Cn1ncc(Cl)c1/C=C/CCNC1CC1. The molecular formula is C11H16ClN3. The summed E-state index contributed by atoms with van der Waals surface area (Å²) in [6, 6.07) is 0.790. The van der Waals surface area contributed by atoms with Gasteiger partial charge in [0.15, 0.2) is 0 Å². The van der Waals surface area contributed by atoms with Crippen molar-refractivity contribution in [2.75, 3.05) is 6.54 Å². The van der Waals surface area contributed by atoms with Crippen molar-refractivity contribution in [2.24, 2.45) is 7.05 Å². The lowest BCUT2D eigenvalue weighted by atomic mass is 10.3. The molecule has 1 aromatic rings. The Morgan fingerprint density at radius 2 is 2.47 bits per heavy atom. The monoisotopic (exact) mass is 225 g/mol. The van der Waals surface area contributed by atoms with Gasteiger partial charge in [-0.2, -0.15) is 5.10 Å². The molecule has 82 valence electrons. The van der Waals surface area contributed by atoms with E-state index >= 15 is 0 Å². The minimum absolute atomic E-state index is 0.712. The van der Waals surface area contributed by atoms with E-state index in [1.807, 2.05) is 13.1 Å². The summed E-state index contributed by atoms with van der Waals surface area (Å²) in [5.41, 5.74) is 0.975. The molecule has 0 aromatic carbocycles. The first kappa shape index (κ1) is 10.7. The molecule has 15 heavy (non-hydrogen) atoms. The Kier molecular flexibility index (Phi) is 3.44. The second kappa shape index (κ2) is 4.81. The third kappa shape index (κ3) is 3.08. The van der Waals surface area contributed by atoms with E-state index in [9.17, 15) is 0 Å². The van der Waals surface area contributed by atoms with Gasteiger partial charge in [-0.05, 0) is 31.9 Å². The first-order valence-corrected chi connectivity index (χ1v) is 5.72. The standard InChI is InChI=1S/C11H16ClN3/c1-15-11(10(12)8-14-15)4-2-3-7-13-9-5-6-9/h2,4,8-9,13H,3,5-7H2,1H3/b4-2+. The molecule has 1 aliphatic rings. The van der Waals surface area contributed by atoms with E-state index in [1.54, 1.807) is 10.9 Å². The summed E-state index contributed by atoms with van der Waals surface area (Å²) in [6.45, 7) is 1.05. The third-order valence-corrected chi connectivity index (χ3v) is 2.83. The molecule has 1 aromatic heterocycles. The molecule has 0 radical (unpaired) electrons. The molecule has 4 heteroatoms. The molecule has 0 unspecified atom stereocenters. The third-order valence-electron chi connectivity index (χ3n) is 2.53. The Hall–Kier alpha value is -0.800. The molecule has 0 amide bonds. The van der Waals surface area contributed by atoms with Crippen molar-refractivity contribution in [1.29, 1.82) is 0 Å². The van der Waals surface area contributed by atoms with Gasteiger partial charge in [0.25, 0.3) is 0 Å². The van der Waals surface area contributed by atoms with Crippen LogP contribution >= 0.6 is 11.6 Å². The first-order chi connectivity index (χ1) is 7.27. The molecule has 0 aliphatic heterocycles. The van der Waals surface area contributed by atoms with Gasteiger partial charge in [0.05, 0.1) is 16.9 Å². The number of aryl methyl sites for hydroxylation is 1. The van der Waals surface area contributed by atoms with Gasteiger partial charge in [0.2, 0.25) is 0 Å². The largest absolute Gasteiger partial charge is 0.314 e. The van der Waals surface area contributed by atoms with Crippen LogP contribution in [0.3, 0.4) is 0 Å². The maximum absolute atomic E-state index is 5.97. The first-order valence-electron chi connectivity index (χ1n) is 5.35. The van der Waals surface area contributed by atoms with Crippen molar-refractivity contribution in [3.05, 3.63) is 23.0 Å². The number of halogens is 1. The van der Waals surface area contributed by atoms with Crippen molar-refractivity contribution < 1.29 is 0 Å². The lowest BCUT2D eigenvalue weighted by Gasteiger charge is -1.98. The Morgan fingerprint density at radius 1 is 1.67 bits per heavy atom. The van der Waals surface area contributed by atoms with E-state index in [0.29, 0.717) is 5.02 Å². The zero-order chi connectivity index (χ0) is 10.7. The van der Waals surface area contributed by atoms with Gasteiger partial charge in [-0.3, -0.25) is 4.68 Å². The van der Waals surface area contributed by atoms with Crippen LogP contribution in [0.1, 0.15) is 25.0 Å². The normalized spacial score (nSPS) is 16.4. The molecule has 0 saturated heterocycles. The van der Waals surface area contributed by atoms with Gasteiger partial charge in [-0.25, -0.2) is 0 Å². The van der Waals surface area contributed by atoms with Crippen LogP contribution in [0.2, 0.25) is 5.02 Å². The number of hydrogen-bond acceptors (Lipinski definition) is 2. The molecule has 0 atom stereocenters. The molecule has 0 spiro atoms. The summed E-state index contributed by atoms with van der Waals surface area (Å²) in [6.07, 6.45) is 9.57. The fraction of sp³-hybridized carbons (Fsp3) is 0.545. The molecule has 1 N–H and O–H groups in total. The van der Waals surface area contributed by atoms with Gasteiger partial charge in [0, 0.05) is 13.1 Å². The van der Waals surface area contributed by atoms with Gasteiger partial charge < -0.3 is 5.32 Å². The summed E-state index contributed by atoms with van der Waals surface area (Å²) < 4.78 is 1.78. The lowest BCUT2D eigenvalue weighted by Crippen LogP contribution is -2.16. The minimum atomic E-state index is 0.712. The second-order valence-corrected chi connectivity index (χ2v) is 4.33. The van der Waals surface area contributed by atoms with E-state index in [0.717, 1.165) is 24.7 Å². The van der Waals surface area contributed by atoms with E-state index in [2.05, 4.69) is 16.5 Å². The van der Waals surface area contributed by atoms with Gasteiger partial charge in [-0.15, -0.1) is 0 Å². The van der Waals surface area contributed by atoms with Crippen LogP contribution in [0.4, 0.5) is 0 Å². The molecule has 1 heterocycles. The molecule has 2 rings (SSSR count). The van der Waals surface area contributed by atoms with Crippen molar-refractivity contribution in [1.82, 2.24) is 15.1 Å². The highest BCUT2D eigenvalue weighted by Crippen LogP contribution is 2.18. The van der Waals surface area contributed by atoms with Crippen molar-refractivity contribution in [3.8, 4) is 0 Å². The Balaban J connectivity index is 1.77. The molecule has 1 aliphatic carbocycles. The van der Waals surface area contributed by atoms with E-state index < -0.39 is 0 Å². The summed E-state index contributed by atoms with van der Waals surface area (Å²) in [5.74, 6) is 0. The zero-order valence-electron chi connectivity index (χ0n) is 8.91. The fourth-order valence-corrected chi connectivity index (χ4v) is 1.69. The van der Waals surface area contributed by atoms with Crippen LogP contribution < -0.4 is 5.32 Å². The van der Waals surface area contributed by atoms with Crippen LogP contribution in [0.15, 0.2) is 12.3 Å². The highest BCUT2D eigenvalue weighted by atomic mass is 35.5. The van der Waals surface area contributed by atoms with Gasteiger partial charge in [-0.1, -0.05) is 17.7 Å². The maximum atomic E-state index is 5.97. The number of hydrogen-bond donors (Lipinski definition) is 1. The minimum Gasteiger partial charge on any atom is -0.314 e. The Labute approximate surface area is 95.1 Å². The van der Waals surface area contributed by atoms with Crippen LogP contribution in [-0.4, -0.2) is 22.4 Å². The number of rotatable bonds is 5. The predicted molar refractivity (Wildman–Crippen MR) is 62.9 cm³/mol. The molecule has 1 saturated carbocycles. The second-order valence-electron chi connectivity index (χ2n) is 3.92. The van der Waals surface area contributed by atoms with E-state index in [4.69, 9.17) is 11.6 Å². The quantitative estimate of drug-likeness (QED) is 0.779. The summed E-state index contributed by atoms with van der Waals surface area (Å²) in [5, 5.41) is 8.24. The molecule has 3 nitrogen and oxygen atoms in total. The summed E-state index contributed by atoms with van der Waals surface area (Å²) >= 11 is 5.97. The van der Waals surface area contributed by atoms with Gasteiger partial charge >= 0.3 is 0 Å². The van der Waals surface area contributed by atoms with E-state index in [-0.39, 0.29) is 0 Å². The van der Waals surface area contributed by atoms with E-state index in [1.165, 1.54) is 12.8 Å². The van der Waals surface area contributed by atoms with Crippen molar-refractivity contribution in [3.63, 3.8) is 0 Å². The highest BCUT2D eigenvalue weighted by Gasteiger charge is 2.19. The average molecular weight is 226 g/mol. The van der Waals surface area contributed by atoms with Crippen molar-refractivity contribution >= 4 is 17.7 Å². The molecule has 1 fully saturated rings. The number of nitrogens with one attached hydrogen (secondary N) is 1. The summed E-state index contributed by atoms with van der Waals surface area (Å²) in [4.78, 5) is 0. The zero-order valence-corrected chi connectivity index (χ0v) is 9.67. The molecular weight excluding hydrogens is 210 g/mol. The van der Waals surface area contributed by atoms with Gasteiger partial charge in [0.1, 0.15) is 0 Å². The average Bonchev–Trinajstić information content (AvgIpc) is 2.98. The van der Waals surface area contributed by atoms with Crippen LogP contribution in [-0.2, 0) is 7.05 Å². The Morgan fingerprint density at radius 3 is 3.07 bits per heavy atom.